The Labute approximate surface area is 170 Å². The number of thiocarbonyl (C=S) groups is 1. The summed E-state index contributed by atoms with van der Waals surface area (Å²) in [6, 6.07) is 7.62. The number of thioether (sulfide) groups is 1. The topological polar surface area (TPSA) is 55.8 Å². The first-order valence-electron chi connectivity index (χ1n) is 9.19. The summed E-state index contributed by atoms with van der Waals surface area (Å²) in [6.07, 6.45) is 4.74. The van der Waals surface area contributed by atoms with Crippen molar-refractivity contribution in [3.8, 4) is 5.75 Å². The van der Waals surface area contributed by atoms with E-state index in [0.29, 0.717) is 22.4 Å². The third kappa shape index (κ3) is 6.36. The number of unbranched alkanes of at least 4 members (excludes halogenated alkanes) is 1. The standard InChI is InChI=1S/C20H25NO4S2/c1-3-5-13-24-16-9-7-6-8-15(16)14-17-19(23)21(20(26)27-17)11-10-18(22)25-12-4-2/h6-9,14H,3-5,10-13H2,1-2H3/b17-14+. The van der Waals surface area contributed by atoms with Crippen molar-refractivity contribution in [3.05, 3.63) is 34.7 Å². The van der Waals surface area contributed by atoms with Crippen molar-refractivity contribution in [3.63, 3.8) is 0 Å². The van der Waals surface area contributed by atoms with E-state index >= 15 is 0 Å². The van der Waals surface area contributed by atoms with Crippen molar-refractivity contribution in [1.29, 1.82) is 0 Å². The summed E-state index contributed by atoms with van der Waals surface area (Å²) in [5.41, 5.74) is 0.844. The van der Waals surface area contributed by atoms with Crippen LogP contribution >= 0.6 is 24.0 Å². The minimum absolute atomic E-state index is 0.135. The fraction of sp³-hybridized carbons (Fsp3) is 0.450. The molecule has 0 N–H and O–H groups in total. The molecule has 0 bridgehead atoms. The highest BCUT2D eigenvalue weighted by Crippen LogP contribution is 2.34. The van der Waals surface area contributed by atoms with Gasteiger partial charge in [0.25, 0.3) is 5.91 Å². The zero-order valence-corrected chi connectivity index (χ0v) is 17.4. The maximum atomic E-state index is 12.7. The number of benzene rings is 1. The Morgan fingerprint density at radius 2 is 2.00 bits per heavy atom. The van der Waals surface area contributed by atoms with Gasteiger partial charge in [-0.3, -0.25) is 14.5 Å². The highest BCUT2D eigenvalue weighted by molar-refractivity contribution is 8.26. The van der Waals surface area contributed by atoms with Gasteiger partial charge in [-0.1, -0.05) is 62.4 Å². The molecule has 0 spiro atoms. The lowest BCUT2D eigenvalue weighted by Crippen LogP contribution is -2.30. The molecular weight excluding hydrogens is 382 g/mol. The van der Waals surface area contributed by atoms with Crippen LogP contribution in [0.25, 0.3) is 6.08 Å². The fourth-order valence-corrected chi connectivity index (χ4v) is 3.68. The van der Waals surface area contributed by atoms with Gasteiger partial charge >= 0.3 is 5.97 Å². The molecule has 27 heavy (non-hydrogen) atoms. The van der Waals surface area contributed by atoms with Crippen molar-refractivity contribution in [2.75, 3.05) is 19.8 Å². The van der Waals surface area contributed by atoms with Gasteiger partial charge in [-0.2, -0.15) is 0 Å². The molecule has 0 radical (unpaired) electrons. The average molecular weight is 408 g/mol. The molecule has 0 unspecified atom stereocenters. The Bertz CT molecular complexity index is 718. The van der Waals surface area contributed by atoms with E-state index in [0.717, 1.165) is 30.6 Å². The Hall–Kier alpha value is -1.86. The molecule has 1 fully saturated rings. The minimum Gasteiger partial charge on any atom is -0.493 e. The molecule has 1 aromatic rings. The van der Waals surface area contributed by atoms with Crippen molar-refractivity contribution in [1.82, 2.24) is 4.90 Å². The molecule has 1 aliphatic rings. The second kappa shape index (κ2) is 11.1. The summed E-state index contributed by atoms with van der Waals surface area (Å²) in [7, 11) is 0. The maximum absolute atomic E-state index is 12.7. The van der Waals surface area contributed by atoms with Gasteiger partial charge in [0, 0.05) is 12.1 Å². The van der Waals surface area contributed by atoms with E-state index in [2.05, 4.69) is 6.92 Å². The number of nitrogens with zero attached hydrogens (tertiary/aromatic N) is 1. The van der Waals surface area contributed by atoms with E-state index in [1.165, 1.54) is 16.7 Å². The second-order valence-corrected chi connectivity index (χ2v) is 7.72. The molecule has 1 saturated heterocycles. The molecule has 0 saturated carbocycles. The van der Waals surface area contributed by atoms with Gasteiger partial charge in [0.05, 0.1) is 24.5 Å². The molecule has 0 aromatic heterocycles. The average Bonchev–Trinajstić information content (AvgIpc) is 2.93. The van der Waals surface area contributed by atoms with E-state index in [-0.39, 0.29) is 24.8 Å². The van der Waals surface area contributed by atoms with E-state index in [9.17, 15) is 9.59 Å². The molecular formula is C20H25NO4S2. The van der Waals surface area contributed by atoms with Crippen molar-refractivity contribution in [2.45, 2.75) is 39.5 Å². The number of ether oxygens (including phenoxy) is 2. The van der Waals surface area contributed by atoms with E-state index in [4.69, 9.17) is 21.7 Å². The monoisotopic (exact) mass is 407 g/mol. The van der Waals surface area contributed by atoms with Crippen LogP contribution in [0.4, 0.5) is 0 Å². The van der Waals surface area contributed by atoms with Crippen LogP contribution < -0.4 is 4.74 Å². The smallest absolute Gasteiger partial charge is 0.307 e. The Morgan fingerprint density at radius 1 is 1.22 bits per heavy atom. The normalized spacial score (nSPS) is 15.5. The molecule has 1 heterocycles. The van der Waals surface area contributed by atoms with Crippen LogP contribution in [0, 0.1) is 0 Å². The summed E-state index contributed by atoms with van der Waals surface area (Å²) in [5, 5.41) is 0. The summed E-state index contributed by atoms with van der Waals surface area (Å²) in [6.45, 7) is 5.32. The van der Waals surface area contributed by atoms with Crippen LogP contribution in [0.15, 0.2) is 29.2 Å². The molecule has 7 heteroatoms. The second-order valence-electron chi connectivity index (χ2n) is 6.04. The summed E-state index contributed by atoms with van der Waals surface area (Å²) in [4.78, 5) is 26.3. The lowest BCUT2D eigenvalue weighted by Gasteiger charge is -2.13. The third-order valence-electron chi connectivity index (χ3n) is 3.84. The lowest BCUT2D eigenvalue weighted by molar-refractivity contribution is -0.143. The number of carbonyl (C=O) groups is 2. The quantitative estimate of drug-likeness (QED) is 0.248. The molecule has 0 aliphatic carbocycles. The van der Waals surface area contributed by atoms with Crippen LogP contribution in [-0.4, -0.2) is 40.9 Å². The Balaban J connectivity index is 2.04. The van der Waals surface area contributed by atoms with Gasteiger partial charge in [0.15, 0.2) is 0 Å². The first-order valence-corrected chi connectivity index (χ1v) is 10.4. The molecule has 1 aliphatic heterocycles. The predicted octanol–water partition coefficient (Wildman–Crippen LogP) is 4.41. The van der Waals surface area contributed by atoms with Gasteiger partial charge < -0.3 is 9.47 Å². The predicted molar refractivity (Wildman–Crippen MR) is 113 cm³/mol. The molecule has 2 rings (SSSR count). The van der Waals surface area contributed by atoms with Crippen LogP contribution in [0.3, 0.4) is 0 Å². The Kier molecular flexibility index (Phi) is 8.81. The first-order chi connectivity index (χ1) is 13.1. The molecule has 146 valence electrons. The van der Waals surface area contributed by atoms with Gasteiger partial charge in [-0.05, 0) is 25.0 Å². The largest absolute Gasteiger partial charge is 0.493 e. The zero-order valence-electron chi connectivity index (χ0n) is 15.7. The third-order valence-corrected chi connectivity index (χ3v) is 5.22. The van der Waals surface area contributed by atoms with Gasteiger partial charge in [-0.15, -0.1) is 0 Å². The van der Waals surface area contributed by atoms with E-state index < -0.39 is 0 Å². The zero-order chi connectivity index (χ0) is 19.6. The summed E-state index contributed by atoms with van der Waals surface area (Å²) < 4.78 is 11.3. The van der Waals surface area contributed by atoms with Crippen molar-refractivity contribution in [2.24, 2.45) is 0 Å². The van der Waals surface area contributed by atoms with Gasteiger partial charge in [-0.25, -0.2) is 0 Å². The summed E-state index contributed by atoms with van der Waals surface area (Å²) in [5.74, 6) is 0.251. The number of hydrogen-bond donors (Lipinski definition) is 0. The number of esters is 1. The first kappa shape index (κ1) is 21.4. The number of carbonyl (C=O) groups excluding carboxylic acids is 2. The fourth-order valence-electron chi connectivity index (χ4n) is 2.38. The molecule has 1 amide bonds. The SMILES string of the molecule is CCCCOc1ccccc1/C=C1/SC(=S)N(CCC(=O)OCCC)C1=O. The molecule has 0 atom stereocenters. The van der Waals surface area contributed by atoms with Crippen LogP contribution in [0.1, 0.15) is 45.1 Å². The lowest BCUT2D eigenvalue weighted by atomic mass is 10.2. The van der Waals surface area contributed by atoms with Gasteiger partial charge in [0.1, 0.15) is 10.1 Å². The highest BCUT2D eigenvalue weighted by Gasteiger charge is 2.32. The molecule has 1 aromatic carbocycles. The number of amides is 1. The Morgan fingerprint density at radius 3 is 2.74 bits per heavy atom. The van der Waals surface area contributed by atoms with Gasteiger partial charge in [0.2, 0.25) is 0 Å². The number of rotatable bonds is 10. The minimum atomic E-state index is -0.315. The van der Waals surface area contributed by atoms with E-state index in [1.54, 1.807) is 6.08 Å². The maximum Gasteiger partial charge on any atom is 0.307 e. The molecule has 5 nitrogen and oxygen atoms in total. The van der Waals surface area contributed by atoms with Crippen molar-refractivity contribution < 1.29 is 19.1 Å². The van der Waals surface area contributed by atoms with Crippen LogP contribution in [0.5, 0.6) is 5.75 Å². The van der Waals surface area contributed by atoms with E-state index in [1.807, 2.05) is 31.2 Å². The number of hydrogen-bond acceptors (Lipinski definition) is 6. The van der Waals surface area contributed by atoms with Crippen LogP contribution in [0.2, 0.25) is 0 Å². The number of para-hydroxylation sites is 1. The summed E-state index contributed by atoms with van der Waals surface area (Å²) >= 11 is 6.56. The van der Waals surface area contributed by atoms with Crippen LogP contribution in [-0.2, 0) is 14.3 Å². The highest BCUT2D eigenvalue weighted by atomic mass is 32.2. The van der Waals surface area contributed by atoms with Crippen molar-refractivity contribution >= 4 is 46.3 Å².